The second-order valence-electron chi connectivity index (χ2n) is 5.54. The van der Waals surface area contributed by atoms with Gasteiger partial charge in [0.2, 0.25) is 0 Å². The minimum Gasteiger partial charge on any atom is -0.480 e. The van der Waals surface area contributed by atoms with E-state index in [1.165, 1.54) is 6.20 Å². The van der Waals surface area contributed by atoms with E-state index in [-0.39, 0.29) is 5.92 Å². The minimum absolute atomic E-state index is 0.0563. The first-order valence-electron chi connectivity index (χ1n) is 7.23. The van der Waals surface area contributed by atoms with Gasteiger partial charge in [0.25, 0.3) is 5.91 Å². The average Bonchev–Trinajstić information content (AvgIpc) is 3.24. The molecular formula is C16H17N3O3. The van der Waals surface area contributed by atoms with Crippen molar-refractivity contribution >= 4 is 11.9 Å². The van der Waals surface area contributed by atoms with Crippen LogP contribution in [-0.2, 0) is 11.3 Å². The molecule has 3 rings (SSSR count). The summed E-state index contributed by atoms with van der Waals surface area (Å²) in [5, 5.41) is 15.9. The van der Waals surface area contributed by atoms with Gasteiger partial charge in [-0.2, -0.15) is 5.10 Å². The fourth-order valence-electron chi connectivity index (χ4n) is 2.37. The number of aliphatic carboxylic acids is 1. The molecule has 0 saturated heterocycles. The number of amides is 1. The maximum Gasteiger partial charge on any atom is 0.326 e. The molecule has 1 unspecified atom stereocenters. The van der Waals surface area contributed by atoms with Crippen LogP contribution < -0.4 is 5.32 Å². The van der Waals surface area contributed by atoms with E-state index in [9.17, 15) is 9.59 Å². The molecule has 0 aliphatic heterocycles. The summed E-state index contributed by atoms with van der Waals surface area (Å²) in [6.45, 7) is 0.569. The standard InChI is InChI=1S/C16H17N3O3/c20-15(18-14(16(21)22)12-6-7-12)13-8-17-19(10-13)9-11-4-2-1-3-5-11/h1-5,8,10,12,14H,6-7,9H2,(H,18,20)(H,21,22). The highest BCUT2D eigenvalue weighted by Gasteiger charge is 2.37. The maximum absolute atomic E-state index is 12.1. The molecule has 0 bridgehead atoms. The minimum atomic E-state index is -0.979. The van der Waals surface area contributed by atoms with Crippen LogP contribution in [-0.4, -0.2) is 32.8 Å². The number of carbonyl (C=O) groups is 2. The van der Waals surface area contributed by atoms with E-state index in [4.69, 9.17) is 5.11 Å². The SMILES string of the molecule is O=C(NC(C(=O)O)C1CC1)c1cnn(Cc2ccccc2)c1. The van der Waals surface area contributed by atoms with Gasteiger partial charge in [0.15, 0.2) is 0 Å². The number of rotatable bonds is 6. The average molecular weight is 299 g/mol. The Kier molecular flexibility index (Phi) is 3.91. The van der Waals surface area contributed by atoms with Crippen molar-refractivity contribution in [3.05, 3.63) is 53.9 Å². The number of carboxylic acid groups (broad SMARTS) is 1. The zero-order valence-electron chi connectivity index (χ0n) is 12.0. The van der Waals surface area contributed by atoms with Crippen LogP contribution >= 0.6 is 0 Å². The number of hydrogen-bond acceptors (Lipinski definition) is 3. The normalized spacial score (nSPS) is 15.3. The molecule has 1 aromatic carbocycles. The van der Waals surface area contributed by atoms with Crippen LogP contribution in [0.15, 0.2) is 42.7 Å². The molecule has 0 radical (unpaired) electrons. The lowest BCUT2D eigenvalue weighted by molar-refractivity contribution is -0.139. The van der Waals surface area contributed by atoms with Crippen molar-refractivity contribution in [2.75, 3.05) is 0 Å². The first-order valence-corrected chi connectivity index (χ1v) is 7.23. The van der Waals surface area contributed by atoms with E-state index in [1.54, 1.807) is 10.9 Å². The van der Waals surface area contributed by atoms with Crippen molar-refractivity contribution < 1.29 is 14.7 Å². The molecule has 6 nitrogen and oxygen atoms in total. The summed E-state index contributed by atoms with van der Waals surface area (Å²) in [6, 6.07) is 8.99. The van der Waals surface area contributed by atoms with Crippen molar-refractivity contribution in [1.82, 2.24) is 15.1 Å². The van der Waals surface area contributed by atoms with Crippen LogP contribution in [0.4, 0.5) is 0 Å². The molecule has 1 aliphatic rings. The van der Waals surface area contributed by atoms with Crippen LogP contribution in [0.25, 0.3) is 0 Å². The number of aromatic nitrogens is 2. The van der Waals surface area contributed by atoms with E-state index in [0.29, 0.717) is 12.1 Å². The zero-order valence-corrected chi connectivity index (χ0v) is 12.0. The van der Waals surface area contributed by atoms with Crippen molar-refractivity contribution in [1.29, 1.82) is 0 Å². The lowest BCUT2D eigenvalue weighted by Crippen LogP contribution is -2.42. The molecule has 22 heavy (non-hydrogen) atoms. The van der Waals surface area contributed by atoms with Crippen molar-refractivity contribution in [3.63, 3.8) is 0 Å². The van der Waals surface area contributed by atoms with E-state index in [1.807, 2.05) is 30.3 Å². The molecule has 6 heteroatoms. The highest BCUT2D eigenvalue weighted by molar-refractivity contribution is 5.96. The van der Waals surface area contributed by atoms with Crippen molar-refractivity contribution in [2.45, 2.75) is 25.4 Å². The van der Waals surface area contributed by atoms with Gasteiger partial charge in [0.05, 0.1) is 18.3 Å². The molecular weight excluding hydrogens is 282 g/mol. The summed E-state index contributed by atoms with van der Waals surface area (Å²) in [4.78, 5) is 23.3. The van der Waals surface area contributed by atoms with Crippen LogP contribution in [0.3, 0.4) is 0 Å². The van der Waals surface area contributed by atoms with Gasteiger partial charge in [-0.05, 0) is 24.3 Å². The van der Waals surface area contributed by atoms with E-state index in [2.05, 4.69) is 10.4 Å². The summed E-state index contributed by atoms with van der Waals surface area (Å²) < 4.78 is 1.66. The van der Waals surface area contributed by atoms with E-state index >= 15 is 0 Å². The van der Waals surface area contributed by atoms with Crippen LogP contribution in [0.5, 0.6) is 0 Å². The summed E-state index contributed by atoms with van der Waals surface area (Å²) in [5.74, 6) is -1.31. The predicted molar refractivity (Wildman–Crippen MR) is 79.4 cm³/mol. The first-order chi connectivity index (χ1) is 10.6. The Morgan fingerprint density at radius 1 is 1.32 bits per heavy atom. The van der Waals surface area contributed by atoms with Crippen LogP contribution in [0.2, 0.25) is 0 Å². The number of nitrogens with one attached hydrogen (secondary N) is 1. The molecule has 0 spiro atoms. The summed E-state index contributed by atoms with van der Waals surface area (Å²) in [6.07, 6.45) is 4.80. The third kappa shape index (κ3) is 3.33. The molecule has 1 amide bonds. The van der Waals surface area contributed by atoms with Crippen LogP contribution in [0.1, 0.15) is 28.8 Å². The molecule has 1 atom stereocenters. The Morgan fingerprint density at radius 2 is 2.05 bits per heavy atom. The second kappa shape index (κ2) is 6.01. The molecule has 1 aromatic heterocycles. The summed E-state index contributed by atoms with van der Waals surface area (Å²) in [7, 11) is 0. The van der Waals surface area contributed by atoms with E-state index in [0.717, 1.165) is 18.4 Å². The monoisotopic (exact) mass is 299 g/mol. The Hall–Kier alpha value is -2.63. The summed E-state index contributed by atoms with van der Waals surface area (Å²) >= 11 is 0. The van der Waals surface area contributed by atoms with Crippen molar-refractivity contribution in [3.8, 4) is 0 Å². The number of hydrogen-bond donors (Lipinski definition) is 2. The number of benzene rings is 1. The molecule has 1 heterocycles. The second-order valence-corrected chi connectivity index (χ2v) is 5.54. The Bertz CT molecular complexity index is 677. The fourth-order valence-corrected chi connectivity index (χ4v) is 2.37. The molecule has 1 saturated carbocycles. The molecule has 2 N–H and O–H groups in total. The Morgan fingerprint density at radius 3 is 2.68 bits per heavy atom. The highest BCUT2D eigenvalue weighted by atomic mass is 16.4. The molecule has 114 valence electrons. The smallest absolute Gasteiger partial charge is 0.326 e. The predicted octanol–water partition coefficient (Wildman–Crippen LogP) is 1.52. The molecule has 1 fully saturated rings. The topological polar surface area (TPSA) is 84.2 Å². The van der Waals surface area contributed by atoms with Gasteiger partial charge in [-0.1, -0.05) is 30.3 Å². The number of carboxylic acids is 1. The van der Waals surface area contributed by atoms with Gasteiger partial charge in [-0.15, -0.1) is 0 Å². The van der Waals surface area contributed by atoms with E-state index < -0.39 is 17.9 Å². The maximum atomic E-state index is 12.1. The van der Waals surface area contributed by atoms with Crippen molar-refractivity contribution in [2.24, 2.45) is 5.92 Å². The van der Waals surface area contributed by atoms with Gasteiger partial charge in [0.1, 0.15) is 6.04 Å². The zero-order chi connectivity index (χ0) is 15.5. The lowest BCUT2D eigenvalue weighted by Gasteiger charge is -2.12. The van der Waals surface area contributed by atoms with Gasteiger partial charge in [-0.25, -0.2) is 4.79 Å². The Labute approximate surface area is 127 Å². The van der Waals surface area contributed by atoms with Gasteiger partial charge >= 0.3 is 5.97 Å². The third-order valence-electron chi connectivity index (χ3n) is 3.73. The van der Waals surface area contributed by atoms with Gasteiger partial charge in [0, 0.05) is 6.20 Å². The quantitative estimate of drug-likeness (QED) is 0.847. The van der Waals surface area contributed by atoms with Gasteiger partial charge in [-0.3, -0.25) is 9.48 Å². The molecule has 1 aliphatic carbocycles. The number of nitrogens with zero attached hydrogens (tertiary/aromatic N) is 2. The molecule has 2 aromatic rings. The summed E-state index contributed by atoms with van der Waals surface area (Å²) in [5.41, 5.74) is 1.46. The highest BCUT2D eigenvalue weighted by Crippen LogP contribution is 2.32. The van der Waals surface area contributed by atoms with Crippen LogP contribution in [0, 0.1) is 5.92 Å². The number of carbonyl (C=O) groups excluding carboxylic acids is 1. The third-order valence-corrected chi connectivity index (χ3v) is 3.73. The lowest BCUT2D eigenvalue weighted by atomic mass is 10.2. The Balaban J connectivity index is 1.65. The fraction of sp³-hybridized carbons (Fsp3) is 0.312. The largest absolute Gasteiger partial charge is 0.480 e. The first kappa shape index (κ1) is 14.3. The van der Waals surface area contributed by atoms with Gasteiger partial charge < -0.3 is 10.4 Å².